The molecule has 0 aliphatic carbocycles. The predicted molar refractivity (Wildman–Crippen MR) is 58.3 cm³/mol. The van der Waals surface area contributed by atoms with Crippen LogP contribution in [-0.4, -0.2) is 69.1 Å². The Morgan fingerprint density at radius 2 is 1.69 bits per heavy atom. The quantitative estimate of drug-likeness (QED) is 0.649. The van der Waals surface area contributed by atoms with Crippen molar-refractivity contribution in [2.75, 3.05) is 46.0 Å². The first-order chi connectivity index (χ1) is 7.60. The van der Waals surface area contributed by atoms with Gasteiger partial charge in [0.15, 0.2) is 0 Å². The summed E-state index contributed by atoms with van der Waals surface area (Å²) in [6.07, 6.45) is -0.0236. The lowest BCUT2D eigenvalue weighted by Gasteiger charge is -2.35. The van der Waals surface area contributed by atoms with Crippen LogP contribution in [-0.2, 0) is 19.7 Å². The number of morpholine rings is 2. The zero-order valence-electron chi connectivity index (χ0n) is 9.46. The second-order valence-electron chi connectivity index (χ2n) is 4.06. The Kier molecular flexibility index (Phi) is 3.81. The number of ether oxygens (including phenoxy) is 2. The highest BCUT2D eigenvalue weighted by Crippen LogP contribution is 2.14. The second kappa shape index (κ2) is 4.97. The molecule has 0 spiro atoms. The molecule has 2 heterocycles. The molecule has 2 aliphatic rings. The summed E-state index contributed by atoms with van der Waals surface area (Å²) in [6.45, 7) is 5.13. The van der Waals surface area contributed by atoms with Crippen LogP contribution in [0.15, 0.2) is 0 Å². The van der Waals surface area contributed by atoms with Crippen LogP contribution in [0.3, 0.4) is 0 Å². The zero-order chi connectivity index (χ0) is 11.6. The summed E-state index contributed by atoms with van der Waals surface area (Å²) in [7, 11) is -3.31. The van der Waals surface area contributed by atoms with Crippen LogP contribution in [0.5, 0.6) is 0 Å². The van der Waals surface area contributed by atoms with E-state index >= 15 is 0 Å². The van der Waals surface area contributed by atoms with Crippen molar-refractivity contribution in [1.82, 2.24) is 8.61 Å². The molecule has 16 heavy (non-hydrogen) atoms. The standard InChI is InChI=1S/C9H18N2O4S/c1-9-8-11(4-7-15-9)16(12,13)10-2-5-14-6-3-10/h9H,2-8H2,1H3. The molecule has 2 fully saturated rings. The average molecular weight is 250 g/mol. The van der Waals surface area contributed by atoms with Crippen LogP contribution < -0.4 is 0 Å². The first-order valence-electron chi connectivity index (χ1n) is 5.55. The van der Waals surface area contributed by atoms with Gasteiger partial charge in [0.05, 0.1) is 25.9 Å². The molecule has 2 rings (SSSR count). The van der Waals surface area contributed by atoms with Crippen molar-refractivity contribution in [1.29, 1.82) is 0 Å². The Hall–Kier alpha value is -0.210. The van der Waals surface area contributed by atoms with E-state index in [0.717, 1.165) is 0 Å². The molecular weight excluding hydrogens is 232 g/mol. The minimum absolute atomic E-state index is 0.0236. The summed E-state index contributed by atoms with van der Waals surface area (Å²) in [5.41, 5.74) is 0. The van der Waals surface area contributed by atoms with E-state index in [0.29, 0.717) is 46.0 Å². The third kappa shape index (κ3) is 2.54. The van der Waals surface area contributed by atoms with E-state index in [1.165, 1.54) is 8.61 Å². The van der Waals surface area contributed by atoms with Crippen molar-refractivity contribution >= 4 is 10.2 Å². The smallest absolute Gasteiger partial charge is 0.282 e. The van der Waals surface area contributed by atoms with Crippen LogP contribution in [0.25, 0.3) is 0 Å². The molecule has 7 heteroatoms. The molecule has 0 amide bonds. The predicted octanol–water partition coefficient (Wildman–Crippen LogP) is -0.716. The Labute approximate surface area is 96.3 Å². The van der Waals surface area contributed by atoms with E-state index < -0.39 is 10.2 Å². The molecule has 1 atom stereocenters. The topological polar surface area (TPSA) is 59.1 Å². The molecule has 0 bridgehead atoms. The Bertz CT molecular complexity index is 326. The molecule has 94 valence electrons. The first-order valence-corrected chi connectivity index (χ1v) is 6.95. The molecular formula is C9H18N2O4S. The average Bonchev–Trinajstić information content (AvgIpc) is 2.30. The van der Waals surface area contributed by atoms with Gasteiger partial charge in [-0.2, -0.15) is 17.0 Å². The number of nitrogens with zero attached hydrogens (tertiary/aromatic N) is 2. The van der Waals surface area contributed by atoms with Crippen molar-refractivity contribution in [2.45, 2.75) is 13.0 Å². The third-order valence-corrected chi connectivity index (χ3v) is 4.83. The van der Waals surface area contributed by atoms with Crippen LogP contribution in [0.2, 0.25) is 0 Å². The molecule has 0 aromatic carbocycles. The highest BCUT2D eigenvalue weighted by Gasteiger charge is 2.33. The lowest BCUT2D eigenvalue weighted by molar-refractivity contribution is 0.00584. The maximum atomic E-state index is 12.2. The van der Waals surface area contributed by atoms with Crippen LogP contribution in [0.4, 0.5) is 0 Å². The largest absolute Gasteiger partial charge is 0.379 e. The van der Waals surface area contributed by atoms with Crippen molar-refractivity contribution in [3.05, 3.63) is 0 Å². The fraction of sp³-hybridized carbons (Fsp3) is 1.00. The number of rotatable bonds is 2. The van der Waals surface area contributed by atoms with Crippen molar-refractivity contribution in [3.63, 3.8) is 0 Å². The zero-order valence-corrected chi connectivity index (χ0v) is 10.3. The maximum Gasteiger partial charge on any atom is 0.282 e. The van der Waals surface area contributed by atoms with Crippen LogP contribution in [0.1, 0.15) is 6.92 Å². The summed E-state index contributed by atoms with van der Waals surface area (Å²) in [5, 5.41) is 0. The van der Waals surface area contributed by atoms with Gasteiger partial charge < -0.3 is 9.47 Å². The van der Waals surface area contributed by atoms with Gasteiger partial charge >= 0.3 is 0 Å². The summed E-state index contributed by atoms with van der Waals surface area (Å²) in [5.74, 6) is 0. The Balaban J connectivity index is 2.05. The van der Waals surface area contributed by atoms with Gasteiger partial charge in [0.25, 0.3) is 10.2 Å². The van der Waals surface area contributed by atoms with E-state index in [1.807, 2.05) is 6.92 Å². The summed E-state index contributed by atoms with van der Waals surface area (Å²) in [6, 6.07) is 0. The van der Waals surface area contributed by atoms with E-state index in [9.17, 15) is 8.42 Å². The van der Waals surface area contributed by atoms with Gasteiger partial charge in [-0.15, -0.1) is 0 Å². The number of hydrogen-bond donors (Lipinski definition) is 0. The van der Waals surface area contributed by atoms with Crippen molar-refractivity contribution in [2.24, 2.45) is 0 Å². The van der Waals surface area contributed by atoms with E-state index in [2.05, 4.69) is 0 Å². The van der Waals surface area contributed by atoms with Crippen molar-refractivity contribution in [3.8, 4) is 0 Å². The monoisotopic (exact) mass is 250 g/mol. The van der Waals surface area contributed by atoms with Gasteiger partial charge in [-0.05, 0) is 6.92 Å². The molecule has 0 aromatic heterocycles. The molecule has 2 aliphatic heterocycles. The van der Waals surface area contributed by atoms with E-state index in [-0.39, 0.29) is 6.10 Å². The fourth-order valence-electron chi connectivity index (χ4n) is 1.94. The van der Waals surface area contributed by atoms with Crippen LogP contribution >= 0.6 is 0 Å². The Morgan fingerprint density at radius 1 is 1.06 bits per heavy atom. The fourth-order valence-corrected chi connectivity index (χ4v) is 3.58. The molecule has 0 saturated carbocycles. The minimum Gasteiger partial charge on any atom is -0.379 e. The maximum absolute atomic E-state index is 12.2. The van der Waals surface area contributed by atoms with Gasteiger partial charge in [0, 0.05) is 26.2 Å². The lowest BCUT2D eigenvalue weighted by Crippen LogP contribution is -2.53. The minimum atomic E-state index is -3.31. The van der Waals surface area contributed by atoms with Crippen molar-refractivity contribution < 1.29 is 17.9 Å². The SMILES string of the molecule is CC1CN(S(=O)(=O)N2CCOCC2)CCO1. The van der Waals surface area contributed by atoms with Gasteiger partial charge in [0.1, 0.15) is 0 Å². The lowest BCUT2D eigenvalue weighted by atomic mass is 10.3. The molecule has 6 nitrogen and oxygen atoms in total. The highest BCUT2D eigenvalue weighted by molar-refractivity contribution is 7.86. The molecule has 0 radical (unpaired) electrons. The molecule has 1 unspecified atom stereocenters. The second-order valence-corrected chi connectivity index (χ2v) is 5.99. The number of hydrogen-bond acceptors (Lipinski definition) is 4. The highest BCUT2D eigenvalue weighted by atomic mass is 32.2. The van der Waals surface area contributed by atoms with Gasteiger partial charge in [-0.1, -0.05) is 0 Å². The van der Waals surface area contributed by atoms with Gasteiger partial charge in [-0.25, -0.2) is 0 Å². The third-order valence-electron chi connectivity index (χ3n) is 2.83. The van der Waals surface area contributed by atoms with E-state index in [4.69, 9.17) is 9.47 Å². The Morgan fingerprint density at radius 3 is 2.31 bits per heavy atom. The summed E-state index contributed by atoms with van der Waals surface area (Å²) in [4.78, 5) is 0. The van der Waals surface area contributed by atoms with Gasteiger partial charge in [0.2, 0.25) is 0 Å². The molecule has 0 N–H and O–H groups in total. The summed E-state index contributed by atoms with van der Waals surface area (Å²) >= 11 is 0. The molecule has 2 saturated heterocycles. The van der Waals surface area contributed by atoms with Crippen LogP contribution in [0, 0.1) is 0 Å². The molecule has 0 aromatic rings. The summed E-state index contributed by atoms with van der Waals surface area (Å²) < 4.78 is 38.0. The van der Waals surface area contributed by atoms with E-state index in [1.54, 1.807) is 0 Å². The first kappa shape index (κ1) is 12.3. The van der Waals surface area contributed by atoms with Gasteiger partial charge in [-0.3, -0.25) is 0 Å². The normalized spacial score (nSPS) is 30.4.